The van der Waals surface area contributed by atoms with E-state index >= 15 is 0 Å². The van der Waals surface area contributed by atoms with E-state index in [0.717, 1.165) is 23.5 Å². The van der Waals surface area contributed by atoms with Gasteiger partial charge in [-0.2, -0.15) is 0 Å². The molecule has 0 aliphatic heterocycles. The van der Waals surface area contributed by atoms with Crippen LogP contribution in [-0.2, 0) is 11.4 Å². The summed E-state index contributed by atoms with van der Waals surface area (Å²) < 4.78 is 5.68. The zero-order chi connectivity index (χ0) is 19.8. The minimum absolute atomic E-state index is 0.00762. The van der Waals surface area contributed by atoms with E-state index in [2.05, 4.69) is 15.6 Å². The topological polar surface area (TPSA) is 80.3 Å². The number of thiazole rings is 1. The van der Waals surface area contributed by atoms with Gasteiger partial charge in [-0.15, -0.1) is 11.3 Å². The van der Waals surface area contributed by atoms with Crippen LogP contribution in [0.4, 0.5) is 0 Å². The first-order valence-electron chi connectivity index (χ1n) is 9.81. The van der Waals surface area contributed by atoms with Gasteiger partial charge in [0.25, 0.3) is 5.91 Å². The molecule has 0 spiro atoms. The van der Waals surface area contributed by atoms with Crippen molar-refractivity contribution in [3.05, 3.63) is 45.9 Å². The summed E-state index contributed by atoms with van der Waals surface area (Å²) in [4.78, 5) is 28.6. The summed E-state index contributed by atoms with van der Waals surface area (Å²) in [7, 11) is 0. The maximum atomic E-state index is 12.2. The third-order valence-corrected chi connectivity index (χ3v) is 5.60. The van der Waals surface area contributed by atoms with Gasteiger partial charge in [0.05, 0.1) is 10.7 Å². The van der Waals surface area contributed by atoms with Crippen LogP contribution in [0.3, 0.4) is 0 Å². The standard InChI is InChI=1S/C21H27N3O3S/c1-15-23-18(14-28-15)13-27-19-9-7-16(8-10-19)21(26)22-12-11-20(25)24-17-5-3-2-4-6-17/h7-10,14,17H,2-6,11-13H2,1H3,(H,22,26)(H,24,25). The van der Waals surface area contributed by atoms with Crippen LogP contribution in [0, 0.1) is 6.92 Å². The Balaban J connectivity index is 1.37. The molecule has 0 saturated heterocycles. The molecule has 2 aromatic rings. The first kappa shape index (κ1) is 20.3. The van der Waals surface area contributed by atoms with Crippen molar-refractivity contribution in [1.29, 1.82) is 0 Å². The fraction of sp³-hybridized carbons (Fsp3) is 0.476. The van der Waals surface area contributed by atoms with Crippen LogP contribution in [0.5, 0.6) is 5.75 Å². The monoisotopic (exact) mass is 401 g/mol. The average Bonchev–Trinajstić information content (AvgIpc) is 3.12. The van der Waals surface area contributed by atoms with Gasteiger partial charge >= 0.3 is 0 Å². The summed E-state index contributed by atoms with van der Waals surface area (Å²) >= 11 is 1.59. The lowest BCUT2D eigenvalue weighted by molar-refractivity contribution is -0.121. The zero-order valence-electron chi connectivity index (χ0n) is 16.2. The number of carbonyl (C=O) groups is 2. The van der Waals surface area contributed by atoms with Crippen LogP contribution >= 0.6 is 11.3 Å². The normalized spacial score (nSPS) is 14.5. The lowest BCUT2D eigenvalue weighted by Crippen LogP contribution is -2.38. The van der Waals surface area contributed by atoms with Crippen LogP contribution < -0.4 is 15.4 Å². The molecule has 1 aromatic carbocycles. The van der Waals surface area contributed by atoms with Crippen molar-refractivity contribution in [2.24, 2.45) is 0 Å². The molecule has 1 aromatic heterocycles. The number of ether oxygens (including phenoxy) is 1. The van der Waals surface area contributed by atoms with Gasteiger partial charge < -0.3 is 15.4 Å². The summed E-state index contributed by atoms with van der Waals surface area (Å²) in [6.45, 7) is 2.70. The highest BCUT2D eigenvalue weighted by Gasteiger charge is 2.15. The van der Waals surface area contributed by atoms with E-state index in [-0.39, 0.29) is 11.8 Å². The molecule has 1 heterocycles. The molecule has 1 fully saturated rings. The zero-order valence-corrected chi connectivity index (χ0v) is 17.0. The minimum atomic E-state index is -0.188. The average molecular weight is 402 g/mol. The smallest absolute Gasteiger partial charge is 0.251 e. The van der Waals surface area contributed by atoms with Gasteiger partial charge in [-0.1, -0.05) is 19.3 Å². The molecular formula is C21H27N3O3S. The van der Waals surface area contributed by atoms with E-state index in [1.54, 1.807) is 35.6 Å². The molecule has 2 amide bonds. The van der Waals surface area contributed by atoms with Crippen LogP contribution in [-0.4, -0.2) is 29.4 Å². The number of hydrogen-bond acceptors (Lipinski definition) is 5. The molecule has 1 aliphatic rings. The Kier molecular flexibility index (Phi) is 7.42. The van der Waals surface area contributed by atoms with E-state index in [4.69, 9.17) is 4.74 Å². The molecule has 0 bridgehead atoms. The van der Waals surface area contributed by atoms with Crippen LogP contribution in [0.15, 0.2) is 29.6 Å². The highest BCUT2D eigenvalue weighted by atomic mass is 32.1. The number of aromatic nitrogens is 1. The van der Waals surface area contributed by atoms with E-state index in [1.165, 1.54) is 19.3 Å². The molecule has 7 heteroatoms. The third-order valence-electron chi connectivity index (χ3n) is 4.78. The Labute approximate surface area is 169 Å². The molecule has 0 unspecified atom stereocenters. The van der Waals surface area contributed by atoms with E-state index in [1.807, 2.05) is 12.3 Å². The second kappa shape index (κ2) is 10.2. The molecule has 1 aliphatic carbocycles. The number of benzene rings is 1. The lowest BCUT2D eigenvalue weighted by atomic mass is 9.95. The van der Waals surface area contributed by atoms with Crippen LogP contribution in [0.1, 0.15) is 59.6 Å². The summed E-state index contributed by atoms with van der Waals surface area (Å²) in [5.74, 6) is 0.509. The minimum Gasteiger partial charge on any atom is -0.487 e. The van der Waals surface area contributed by atoms with E-state index in [9.17, 15) is 9.59 Å². The van der Waals surface area contributed by atoms with Crippen LogP contribution in [0.2, 0.25) is 0 Å². The maximum Gasteiger partial charge on any atom is 0.251 e. The molecular weight excluding hydrogens is 374 g/mol. The number of hydrogen-bond donors (Lipinski definition) is 2. The number of carbonyl (C=O) groups excluding carboxylic acids is 2. The maximum absolute atomic E-state index is 12.2. The summed E-state index contributed by atoms with van der Waals surface area (Å²) in [5.41, 5.74) is 1.44. The fourth-order valence-electron chi connectivity index (χ4n) is 3.27. The SMILES string of the molecule is Cc1nc(COc2ccc(C(=O)NCCC(=O)NC3CCCCC3)cc2)cs1. The molecule has 3 rings (SSSR count). The largest absolute Gasteiger partial charge is 0.487 e. The number of nitrogens with zero attached hydrogens (tertiary/aromatic N) is 1. The fourth-order valence-corrected chi connectivity index (χ4v) is 3.87. The summed E-state index contributed by atoms with van der Waals surface area (Å²) in [6, 6.07) is 7.28. The van der Waals surface area contributed by atoms with Crippen molar-refractivity contribution in [2.45, 2.75) is 58.1 Å². The predicted octanol–water partition coefficient (Wildman–Crippen LogP) is 3.60. The van der Waals surface area contributed by atoms with Crippen molar-refractivity contribution >= 4 is 23.2 Å². The molecule has 0 radical (unpaired) electrons. The van der Waals surface area contributed by atoms with Crippen molar-refractivity contribution < 1.29 is 14.3 Å². The van der Waals surface area contributed by atoms with Crippen molar-refractivity contribution in [3.63, 3.8) is 0 Å². The molecule has 28 heavy (non-hydrogen) atoms. The molecule has 6 nitrogen and oxygen atoms in total. The number of aryl methyl sites for hydroxylation is 1. The van der Waals surface area contributed by atoms with Gasteiger partial charge in [0.1, 0.15) is 12.4 Å². The Morgan fingerprint density at radius 2 is 1.93 bits per heavy atom. The first-order chi connectivity index (χ1) is 13.6. The Morgan fingerprint density at radius 3 is 2.61 bits per heavy atom. The predicted molar refractivity (Wildman–Crippen MR) is 110 cm³/mol. The number of nitrogens with one attached hydrogen (secondary N) is 2. The molecule has 0 atom stereocenters. The Hall–Kier alpha value is -2.41. The third kappa shape index (κ3) is 6.34. The first-order valence-corrected chi connectivity index (χ1v) is 10.7. The van der Waals surface area contributed by atoms with Gasteiger partial charge in [0, 0.05) is 30.0 Å². The van der Waals surface area contributed by atoms with E-state index < -0.39 is 0 Å². The van der Waals surface area contributed by atoms with E-state index in [0.29, 0.717) is 36.9 Å². The van der Waals surface area contributed by atoms with Gasteiger partial charge in [-0.3, -0.25) is 9.59 Å². The quantitative estimate of drug-likeness (QED) is 0.708. The van der Waals surface area contributed by atoms with Crippen molar-refractivity contribution in [3.8, 4) is 5.75 Å². The lowest BCUT2D eigenvalue weighted by Gasteiger charge is -2.22. The van der Waals surface area contributed by atoms with Gasteiger partial charge in [-0.25, -0.2) is 4.98 Å². The molecule has 1 saturated carbocycles. The summed E-state index contributed by atoms with van der Waals surface area (Å²) in [6.07, 6.45) is 6.06. The molecule has 2 N–H and O–H groups in total. The summed E-state index contributed by atoms with van der Waals surface area (Å²) in [5, 5.41) is 8.84. The highest BCUT2D eigenvalue weighted by molar-refractivity contribution is 7.09. The Bertz CT molecular complexity index is 782. The van der Waals surface area contributed by atoms with Crippen LogP contribution in [0.25, 0.3) is 0 Å². The van der Waals surface area contributed by atoms with Crippen molar-refractivity contribution in [1.82, 2.24) is 15.6 Å². The Morgan fingerprint density at radius 1 is 1.18 bits per heavy atom. The number of amides is 2. The van der Waals surface area contributed by atoms with Gasteiger partial charge in [0.15, 0.2) is 0 Å². The van der Waals surface area contributed by atoms with Gasteiger partial charge in [-0.05, 0) is 44.0 Å². The van der Waals surface area contributed by atoms with Crippen molar-refractivity contribution in [2.75, 3.05) is 6.54 Å². The second-order valence-corrected chi connectivity index (χ2v) is 8.14. The highest BCUT2D eigenvalue weighted by Crippen LogP contribution is 2.17. The molecule has 150 valence electrons. The number of rotatable bonds is 8. The second-order valence-electron chi connectivity index (χ2n) is 7.08. The van der Waals surface area contributed by atoms with Gasteiger partial charge in [0.2, 0.25) is 5.91 Å².